The fourth-order valence-corrected chi connectivity index (χ4v) is 4.10. The summed E-state index contributed by atoms with van der Waals surface area (Å²) in [6, 6.07) is 7.80. The number of benzene rings is 1. The van der Waals surface area contributed by atoms with Gasteiger partial charge in [0.2, 0.25) is 11.0 Å². The molecule has 2 heterocycles. The molecule has 0 fully saturated rings. The predicted octanol–water partition coefficient (Wildman–Crippen LogP) is 4.70. The second kappa shape index (κ2) is 9.27. The lowest BCUT2D eigenvalue weighted by Crippen LogP contribution is -2.44. The van der Waals surface area contributed by atoms with Gasteiger partial charge in [0.1, 0.15) is 11.0 Å². The predicted molar refractivity (Wildman–Crippen MR) is 114 cm³/mol. The summed E-state index contributed by atoms with van der Waals surface area (Å²) in [5.74, 6) is -0.422. The average Bonchev–Trinajstić information content (AvgIpc) is 3.32. The Kier molecular flexibility index (Phi) is 6.77. The van der Waals surface area contributed by atoms with Crippen molar-refractivity contribution in [2.45, 2.75) is 26.3 Å². The number of anilines is 1. The Balaban J connectivity index is 1.69. The molecule has 0 bridgehead atoms. The van der Waals surface area contributed by atoms with E-state index in [9.17, 15) is 9.59 Å². The maximum Gasteiger partial charge on any atom is 0.251 e. The third-order valence-corrected chi connectivity index (χ3v) is 5.68. The summed E-state index contributed by atoms with van der Waals surface area (Å²) >= 11 is 8.73. The molecule has 3 aromatic rings. The normalized spacial score (nSPS) is 12.0. The van der Waals surface area contributed by atoms with Gasteiger partial charge in [-0.1, -0.05) is 36.8 Å². The molecule has 28 heavy (non-hydrogen) atoms. The van der Waals surface area contributed by atoms with E-state index in [0.717, 1.165) is 10.6 Å². The van der Waals surface area contributed by atoms with Crippen molar-refractivity contribution in [1.82, 2.24) is 15.5 Å². The summed E-state index contributed by atoms with van der Waals surface area (Å²) in [5, 5.41) is 19.3. The van der Waals surface area contributed by atoms with Crippen molar-refractivity contribution in [3.8, 4) is 10.6 Å². The van der Waals surface area contributed by atoms with Crippen LogP contribution in [-0.2, 0) is 4.79 Å². The number of halogens is 1. The van der Waals surface area contributed by atoms with E-state index in [1.54, 1.807) is 35.6 Å². The molecule has 1 atom stereocenters. The molecule has 0 aliphatic rings. The Bertz CT molecular complexity index is 939. The van der Waals surface area contributed by atoms with Crippen LogP contribution in [-0.4, -0.2) is 28.1 Å². The van der Waals surface area contributed by atoms with Crippen molar-refractivity contribution in [2.75, 3.05) is 5.32 Å². The molecule has 146 valence electrons. The number of thiophene rings is 1. The summed E-state index contributed by atoms with van der Waals surface area (Å²) in [7, 11) is 0. The number of nitrogens with zero attached hydrogens (tertiary/aromatic N) is 2. The minimum absolute atomic E-state index is 0.219. The van der Waals surface area contributed by atoms with Gasteiger partial charge in [0, 0.05) is 21.5 Å². The highest BCUT2D eigenvalue weighted by Crippen LogP contribution is 2.28. The van der Waals surface area contributed by atoms with Gasteiger partial charge >= 0.3 is 0 Å². The van der Waals surface area contributed by atoms with E-state index >= 15 is 0 Å². The van der Waals surface area contributed by atoms with Crippen molar-refractivity contribution in [2.24, 2.45) is 5.92 Å². The first kappa shape index (κ1) is 20.4. The van der Waals surface area contributed by atoms with Gasteiger partial charge in [-0.2, -0.15) is 11.3 Å². The molecule has 2 aromatic heterocycles. The van der Waals surface area contributed by atoms with Crippen molar-refractivity contribution in [1.29, 1.82) is 0 Å². The topological polar surface area (TPSA) is 84.0 Å². The van der Waals surface area contributed by atoms with Gasteiger partial charge in [-0.05, 0) is 48.1 Å². The largest absolute Gasteiger partial charge is 0.340 e. The summed E-state index contributed by atoms with van der Waals surface area (Å²) in [5.41, 5.74) is 1.42. The fourth-order valence-electron chi connectivity index (χ4n) is 2.51. The minimum atomic E-state index is -0.684. The molecule has 2 N–H and O–H groups in total. The third kappa shape index (κ3) is 5.37. The Morgan fingerprint density at radius 2 is 1.89 bits per heavy atom. The standard InChI is InChI=1S/C19H19ClN4O2S2/c1-11(2)9-15(21-16(25)12-3-5-14(20)6-4-12)17(26)22-19-24-23-18(28-19)13-7-8-27-10-13/h3-8,10-11,15H,9H2,1-2H3,(H,21,25)(H,22,24,26). The lowest BCUT2D eigenvalue weighted by molar-refractivity contribution is -0.118. The van der Waals surface area contributed by atoms with E-state index in [4.69, 9.17) is 11.6 Å². The van der Waals surface area contributed by atoms with E-state index in [1.165, 1.54) is 11.3 Å². The zero-order valence-electron chi connectivity index (χ0n) is 15.3. The minimum Gasteiger partial charge on any atom is -0.340 e. The number of hydrogen-bond acceptors (Lipinski definition) is 6. The second-order valence-electron chi connectivity index (χ2n) is 6.58. The zero-order valence-corrected chi connectivity index (χ0v) is 17.7. The van der Waals surface area contributed by atoms with E-state index in [2.05, 4.69) is 20.8 Å². The lowest BCUT2D eigenvalue weighted by Gasteiger charge is -2.19. The number of carbonyl (C=O) groups excluding carboxylic acids is 2. The van der Waals surface area contributed by atoms with E-state index in [1.807, 2.05) is 30.7 Å². The molecule has 3 rings (SSSR count). The Morgan fingerprint density at radius 3 is 2.54 bits per heavy atom. The molecule has 0 aliphatic carbocycles. The monoisotopic (exact) mass is 434 g/mol. The molecule has 0 spiro atoms. The van der Waals surface area contributed by atoms with Crippen molar-refractivity contribution in [3.63, 3.8) is 0 Å². The number of nitrogens with one attached hydrogen (secondary N) is 2. The van der Waals surface area contributed by atoms with Crippen LogP contribution in [0.25, 0.3) is 10.6 Å². The zero-order chi connectivity index (χ0) is 20.1. The molecule has 1 aromatic carbocycles. The van der Waals surface area contributed by atoms with Gasteiger partial charge < -0.3 is 5.32 Å². The van der Waals surface area contributed by atoms with Crippen LogP contribution in [0.3, 0.4) is 0 Å². The fraction of sp³-hybridized carbons (Fsp3) is 0.263. The summed E-state index contributed by atoms with van der Waals surface area (Å²) in [4.78, 5) is 25.3. The molecule has 0 saturated heterocycles. The number of hydrogen-bond donors (Lipinski definition) is 2. The first-order valence-corrected chi connectivity index (χ1v) is 10.8. The molecule has 0 aliphatic heterocycles. The van der Waals surface area contributed by atoms with Gasteiger partial charge in [-0.15, -0.1) is 10.2 Å². The highest BCUT2D eigenvalue weighted by molar-refractivity contribution is 7.19. The third-order valence-electron chi connectivity index (χ3n) is 3.86. The van der Waals surface area contributed by atoms with Crippen LogP contribution in [0.15, 0.2) is 41.1 Å². The number of carbonyl (C=O) groups is 2. The lowest BCUT2D eigenvalue weighted by atomic mass is 10.0. The molecule has 1 unspecified atom stereocenters. The van der Waals surface area contributed by atoms with Crippen LogP contribution in [0.2, 0.25) is 5.02 Å². The smallest absolute Gasteiger partial charge is 0.251 e. The van der Waals surface area contributed by atoms with Crippen LogP contribution in [0.5, 0.6) is 0 Å². The van der Waals surface area contributed by atoms with Crippen molar-refractivity contribution >= 4 is 51.2 Å². The molecule has 0 saturated carbocycles. The maximum absolute atomic E-state index is 12.8. The first-order chi connectivity index (χ1) is 13.4. The van der Waals surface area contributed by atoms with Crippen LogP contribution < -0.4 is 10.6 Å². The van der Waals surface area contributed by atoms with E-state index in [0.29, 0.717) is 22.1 Å². The summed E-state index contributed by atoms with van der Waals surface area (Å²) in [6.45, 7) is 3.99. The Morgan fingerprint density at radius 1 is 1.14 bits per heavy atom. The Hall–Kier alpha value is -2.29. The molecular formula is C19H19ClN4O2S2. The summed E-state index contributed by atoms with van der Waals surface area (Å²) in [6.07, 6.45) is 0.501. The quantitative estimate of drug-likeness (QED) is 0.564. The van der Waals surface area contributed by atoms with Crippen LogP contribution >= 0.6 is 34.3 Å². The van der Waals surface area contributed by atoms with Crippen LogP contribution in [0, 0.1) is 5.92 Å². The van der Waals surface area contributed by atoms with Crippen molar-refractivity contribution < 1.29 is 9.59 Å². The van der Waals surface area contributed by atoms with Crippen LogP contribution in [0.4, 0.5) is 5.13 Å². The molecule has 9 heteroatoms. The maximum atomic E-state index is 12.8. The van der Waals surface area contributed by atoms with Crippen LogP contribution in [0.1, 0.15) is 30.6 Å². The average molecular weight is 435 g/mol. The number of aromatic nitrogens is 2. The number of rotatable bonds is 7. The first-order valence-electron chi connectivity index (χ1n) is 8.65. The van der Waals surface area contributed by atoms with E-state index < -0.39 is 6.04 Å². The van der Waals surface area contributed by atoms with Gasteiger partial charge in [0.05, 0.1) is 0 Å². The van der Waals surface area contributed by atoms with Gasteiger partial charge in [-0.3, -0.25) is 14.9 Å². The SMILES string of the molecule is CC(C)CC(NC(=O)c1ccc(Cl)cc1)C(=O)Nc1nnc(-c2ccsc2)s1. The summed E-state index contributed by atoms with van der Waals surface area (Å²) < 4.78 is 0. The molecule has 0 radical (unpaired) electrons. The molecular weight excluding hydrogens is 416 g/mol. The van der Waals surface area contributed by atoms with Gasteiger partial charge in [-0.25, -0.2) is 0 Å². The molecule has 6 nitrogen and oxygen atoms in total. The van der Waals surface area contributed by atoms with E-state index in [-0.39, 0.29) is 17.7 Å². The Labute approximate surface area is 176 Å². The molecule has 2 amide bonds. The highest BCUT2D eigenvalue weighted by atomic mass is 35.5. The van der Waals surface area contributed by atoms with Gasteiger partial charge in [0.25, 0.3) is 5.91 Å². The van der Waals surface area contributed by atoms with Gasteiger partial charge in [0.15, 0.2) is 0 Å². The van der Waals surface area contributed by atoms with Crippen molar-refractivity contribution in [3.05, 3.63) is 51.7 Å². The second-order valence-corrected chi connectivity index (χ2v) is 8.77. The highest BCUT2D eigenvalue weighted by Gasteiger charge is 2.24. The number of amides is 2.